The fourth-order valence-electron chi connectivity index (χ4n) is 2.20. The minimum absolute atomic E-state index is 0.520. The van der Waals surface area contributed by atoms with Crippen molar-refractivity contribution >= 4 is 15.9 Å². The Morgan fingerprint density at radius 1 is 1.00 bits per heavy atom. The van der Waals surface area contributed by atoms with E-state index in [1.165, 1.54) is 11.1 Å². The van der Waals surface area contributed by atoms with Gasteiger partial charge in [0.2, 0.25) is 0 Å². The molecule has 0 amide bonds. The van der Waals surface area contributed by atoms with E-state index in [-0.39, 0.29) is 0 Å². The van der Waals surface area contributed by atoms with E-state index in [0.29, 0.717) is 13.2 Å². The second-order valence-corrected chi connectivity index (χ2v) is 6.09. The standard InChI is InChI=1S/C18H22BrNO2/c1-13-5-4-6-17(14(13)2)21-9-10-22-18-8-7-16(19)11-15(18)12-20-3/h4-8,11,20H,9-10,12H2,1-3H3. The third-order valence-corrected chi connectivity index (χ3v) is 4.04. The number of ether oxygens (including phenoxy) is 2. The zero-order chi connectivity index (χ0) is 15.9. The summed E-state index contributed by atoms with van der Waals surface area (Å²) >= 11 is 3.49. The van der Waals surface area contributed by atoms with Crippen LogP contribution in [0.2, 0.25) is 0 Å². The van der Waals surface area contributed by atoms with Gasteiger partial charge in [-0.05, 0) is 56.3 Å². The highest BCUT2D eigenvalue weighted by Crippen LogP contribution is 2.24. The molecule has 0 bridgehead atoms. The van der Waals surface area contributed by atoms with E-state index in [9.17, 15) is 0 Å². The molecule has 0 unspecified atom stereocenters. The fourth-order valence-corrected chi connectivity index (χ4v) is 2.61. The van der Waals surface area contributed by atoms with E-state index < -0.39 is 0 Å². The highest BCUT2D eigenvalue weighted by molar-refractivity contribution is 9.10. The van der Waals surface area contributed by atoms with Gasteiger partial charge in [0, 0.05) is 16.6 Å². The average Bonchev–Trinajstić information content (AvgIpc) is 2.50. The van der Waals surface area contributed by atoms with Crippen molar-refractivity contribution in [3.8, 4) is 11.5 Å². The van der Waals surface area contributed by atoms with Crippen LogP contribution in [0.3, 0.4) is 0 Å². The quantitative estimate of drug-likeness (QED) is 0.746. The van der Waals surface area contributed by atoms with Crippen LogP contribution in [0.25, 0.3) is 0 Å². The molecule has 0 aliphatic rings. The molecule has 0 aliphatic carbocycles. The molecule has 2 rings (SSSR count). The fraction of sp³-hybridized carbons (Fsp3) is 0.333. The molecule has 4 heteroatoms. The van der Waals surface area contributed by atoms with Gasteiger partial charge in [-0.15, -0.1) is 0 Å². The number of hydrogen-bond acceptors (Lipinski definition) is 3. The molecule has 0 saturated heterocycles. The van der Waals surface area contributed by atoms with Gasteiger partial charge in [0.05, 0.1) is 0 Å². The van der Waals surface area contributed by atoms with Crippen LogP contribution in [0.5, 0.6) is 11.5 Å². The van der Waals surface area contributed by atoms with Crippen LogP contribution in [-0.4, -0.2) is 20.3 Å². The first kappa shape index (κ1) is 16.8. The minimum atomic E-state index is 0.520. The molecule has 0 aromatic heterocycles. The second-order valence-electron chi connectivity index (χ2n) is 5.18. The molecule has 0 aliphatic heterocycles. The van der Waals surface area contributed by atoms with Gasteiger partial charge < -0.3 is 14.8 Å². The Morgan fingerprint density at radius 2 is 1.73 bits per heavy atom. The topological polar surface area (TPSA) is 30.5 Å². The van der Waals surface area contributed by atoms with E-state index in [1.807, 2.05) is 31.3 Å². The van der Waals surface area contributed by atoms with Gasteiger partial charge in [-0.25, -0.2) is 0 Å². The lowest BCUT2D eigenvalue weighted by Gasteiger charge is -2.14. The summed E-state index contributed by atoms with van der Waals surface area (Å²) in [4.78, 5) is 0. The van der Waals surface area contributed by atoms with Crippen molar-refractivity contribution in [2.75, 3.05) is 20.3 Å². The first-order valence-electron chi connectivity index (χ1n) is 7.36. The molecular formula is C18H22BrNO2. The van der Waals surface area contributed by atoms with Crippen LogP contribution in [0.4, 0.5) is 0 Å². The highest BCUT2D eigenvalue weighted by atomic mass is 79.9. The maximum Gasteiger partial charge on any atom is 0.124 e. The molecule has 118 valence electrons. The Hall–Kier alpha value is -1.52. The summed E-state index contributed by atoms with van der Waals surface area (Å²) in [5, 5.41) is 3.15. The number of rotatable bonds is 7. The minimum Gasteiger partial charge on any atom is -0.490 e. The Bertz CT molecular complexity index is 628. The maximum absolute atomic E-state index is 5.85. The van der Waals surface area contributed by atoms with Gasteiger partial charge >= 0.3 is 0 Å². The molecule has 2 aromatic rings. The third kappa shape index (κ3) is 4.49. The molecule has 22 heavy (non-hydrogen) atoms. The zero-order valence-electron chi connectivity index (χ0n) is 13.3. The van der Waals surface area contributed by atoms with Gasteiger partial charge in [-0.1, -0.05) is 28.1 Å². The highest BCUT2D eigenvalue weighted by Gasteiger charge is 2.05. The lowest BCUT2D eigenvalue weighted by atomic mass is 10.1. The first-order chi connectivity index (χ1) is 10.6. The van der Waals surface area contributed by atoms with Gasteiger partial charge in [-0.2, -0.15) is 0 Å². The monoisotopic (exact) mass is 363 g/mol. The predicted molar refractivity (Wildman–Crippen MR) is 93.8 cm³/mol. The van der Waals surface area contributed by atoms with E-state index in [2.05, 4.69) is 47.2 Å². The van der Waals surface area contributed by atoms with Gasteiger partial charge in [0.1, 0.15) is 24.7 Å². The normalized spacial score (nSPS) is 10.5. The smallest absolute Gasteiger partial charge is 0.124 e. The third-order valence-electron chi connectivity index (χ3n) is 3.54. The van der Waals surface area contributed by atoms with Crippen LogP contribution < -0.4 is 14.8 Å². The predicted octanol–water partition coefficient (Wildman–Crippen LogP) is 4.24. The number of hydrogen-bond donors (Lipinski definition) is 1. The van der Waals surface area contributed by atoms with E-state index in [1.54, 1.807) is 0 Å². The van der Waals surface area contributed by atoms with Crippen molar-refractivity contribution in [2.45, 2.75) is 20.4 Å². The number of aryl methyl sites for hydroxylation is 1. The molecule has 1 N–H and O–H groups in total. The van der Waals surface area contributed by atoms with E-state index in [4.69, 9.17) is 9.47 Å². The van der Waals surface area contributed by atoms with E-state index in [0.717, 1.165) is 28.1 Å². The van der Waals surface area contributed by atoms with Crippen molar-refractivity contribution < 1.29 is 9.47 Å². The van der Waals surface area contributed by atoms with Crippen molar-refractivity contribution in [1.82, 2.24) is 5.32 Å². The van der Waals surface area contributed by atoms with E-state index >= 15 is 0 Å². The Balaban J connectivity index is 1.90. The summed E-state index contributed by atoms with van der Waals surface area (Å²) in [6.07, 6.45) is 0. The van der Waals surface area contributed by atoms with Gasteiger partial charge in [0.15, 0.2) is 0 Å². The van der Waals surface area contributed by atoms with Crippen LogP contribution in [0.15, 0.2) is 40.9 Å². The molecule has 0 fully saturated rings. The molecule has 0 saturated carbocycles. The maximum atomic E-state index is 5.85. The Labute approximate surface area is 140 Å². The summed E-state index contributed by atoms with van der Waals surface area (Å²) in [5.74, 6) is 1.82. The SMILES string of the molecule is CNCc1cc(Br)ccc1OCCOc1cccc(C)c1C. The van der Waals surface area contributed by atoms with Crippen molar-refractivity contribution in [3.05, 3.63) is 57.6 Å². The summed E-state index contributed by atoms with van der Waals surface area (Å²) in [5.41, 5.74) is 3.55. The number of benzene rings is 2. The molecule has 2 aromatic carbocycles. The van der Waals surface area contributed by atoms with Crippen LogP contribution in [0.1, 0.15) is 16.7 Å². The van der Waals surface area contributed by atoms with Crippen LogP contribution in [0, 0.1) is 13.8 Å². The van der Waals surface area contributed by atoms with Gasteiger partial charge in [0.25, 0.3) is 0 Å². The molecule has 0 radical (unpaired) electrons. The molecular weight excluding hydrogens is 342 g/mol. The molecule has 0 heterocycles. The number of halogens is 1. The van der Waals surface area contributed by atoms with Crippen molar-refractivity contribution in [1.29, 1.82) is 0 Å². The lowest BCUT2D eigenvalue weighted by Crippen LogP contribution is -2.12. The Kier molecular flexibility index (Phi) is 6.28. The van der Waals surface area contributed by atoms with Crippen LogP contribution in [-0.2, 0) is 6.54 Å². The summed E-state index contributed by atoms with van der Waals surface area (Å²) in [6.45, 7) is 5.98. The molecule has 0 spiro atoms. The summed E-state index contributed by atoms with van der Waals surface area (Å²) < 4.78 is 12.7. The van der Waals surface area contributed by atoms with Crippen molar-refractivity contribution in [3.63, 3.8) is 0 Å². The lowest BCUT2D eigenvalue weighted by molar-refractivity contribution is 0.215. The summed E-state index contributed by atoms with van der Waals surface area (Å²) in [7, 11) is 1.92. The average molecular weight is 364 g/mol. The van der Waals surface area contributed by atoms with Crippen molar-refractivity contribution in [2.24, 2.45) is 0 Å². The zero-order valence-corrected chi connectivity index (χ0v) is 14.9. The summed E-state index contributed by atoms with van der Waals surface area (Å²) in [6, 6.07) is 12.1. The van der Waals surface area contributed by atoms with Gasteiger partial charge in [-0.3, -0.25) is 0 Å². The first-order valence-corrected chi connectivity index (χ1v) is 8.16. The Morgan fingerprint density at radius 3 is 2.45 bits per heavy atom. The second kappa shape index (κ2) is 8.20. The molecule has 3 nitrogen and oxygen atoms in total. The number of nitrogens with one attached hydrogen (secondary N) is 1. The molecule has 0 atom stereocenters. The largest absolute Gasteiger partial charge is 0.490 e. The van der Waals surface area contributed by atoms with Crippen LogP contribution >= 0.6 is 15.9 Å².